The number of alkyl halides is 2. The van der Waals surface area contributed by atoms with E-state index in [0.717, 1.165) is 28.0 Å². The average molecular weight is 500 g/mol. The summed E-state index contributed by atoms with van der Waals surface area (Å²) in [5.74, 6) is 0.764. The monoisotopic (exact) mass is 499 g/mol. The van der Waals surface area contributed by atoms with E-state index in [1.165, 1.54) is 12.0 Å². The number of halogens is 2. The van der Waals surface area contributed by atoms with Crippen LogP contribution in [0.15, 0.2) is 30.5 Å². The molecule has 1 aromatic carbocycles. The van der Waals surface area contributed by atoms with E-state index in [0.29, 0.717) is 24.4 Å². The Labute approximate surface area is 205 Å². The number of nitrogens with zero attached hydrogens (tertiary/aromatic N) is 6. The van der Waals surface area contributed by atoms with E-state index in [2.05, 4.69) is 20.4 Å². The van der Waals surface area contributed by atoms with Gasteiger partial charge in [-0.3, -0.25) is 4.79 Å². The summed E-state index contributed by atoms with van der Waals surface area (Å²) in [5.41, 5.74) is 3.95. The third kappa shape index (κ3) is 4.21. The number of fused-ring (bicyclic) bond motifs is 2. The highest BCUT2D eigenvalue weighted by Crippen LogP contribution is 2.33. The van der Waals surface area contributed by atoms with E-state index >= 15 is 0 Å². The Balaban J connectivity index is 1.46. The molecule has 190 valence electrons. The summed E-state index contributed by atoms with van der Waals surface area (Å²) in [6.07, 6.45) is 0.771. The first kappa shape index (κ1) is 23.9. The largest absolute Gasteiger partial charge is 0.479 e. The summed E-state index contributed by atoms with van der Waals surface area (Å²) in [6.45, 7) is 1.18. The number of aromatic nitrogens is 5. The molecule has 0 unspecified atom stereocenters. The molecule has 0 aliphatic carbocycles. The second kappa shape index (κ2) is 9.69. The molecular weight excluding hydrogens is 472 g/mol. The van der Waals surface area contributed by atoms with Gasteiger partial charge in [0.05, 0.1) is 37.3 Å². The number of rotatable bonds is 7. The van der Waals surface area contributed by atoms with Gasteiger partial charge in [-0.05, 0) is 37.1 Å². The maximum Gasteiger partial charge on any atom is 0.248 e. The lowest BCUT2D eigenvalue weighted by Gasteiger charge is -2.34. The summed E-state index contributed by atoms with van der Waals surface area (Å²) >= 11 is 0. The molecular formula is C24H27F2N7O3. The number of nitrogens with one attached hydrogen (secondary N) is 1. The second-order valence-electron chi connectivity index (χ2n) is 8.72. The standard InChI is InChI=1S/C24H27F2N7O3/c1-14-27-19-4-3-15(11-20(19)32(14)10-7-25)16-5-9-33-22(16)23(36-2)29-24(30-33)28-18-6-8-31(12-17(18)26)21(35)13-34/h3-5,9,11,17-18,34H,6-8,10,12-13H2,1-2H3,(H,28,30)/t17-,18+/m1/s1. The molecule has 2 N–H and O–H groups in total. The molecule has 2 atom stereocenters. The number of aliphatic hydroxyl groups excluding tert-OH is 1. The van der Waals surface area contributed by atoms with Crippen molar-refractivity contribution < 1.29 is 23.4 Å². The van der Waals surface area contributed by atoms with Gasteiger partial charge >= 0.3 is 0 Å². The normalized spacial score (nSPS) is 18.2. The smallest absolute Gasteiger partial charge is 0.248 e. The Morgan fingerprint density at radius 2 is 2.14 bits per heavy atom. The lowest BCUT2D eigenvalue weighted by Crippen LogP contribution is -2.50. The van der Waals surface area contributed by atoms with Crippen LogP contribution in [0.1, 0.15) is 12.2 Å². The molecule has 1 amide bonds. The Morgan fingerprint density at radius 3 is 2.86 bits per heavy atom. The maximum atomic E-state index is 14.8. The summed E-state index contributed by atoms with van der Waals surface area (Å²) in [7, 11) is 1.50. The third-order valence-corrected chi connectivity index (χ3v) is 6.57. The Morgan fingerprint density at radius 1 is 1.31 bits per heavy atom. The number of imidazole rings is 1. The van der Waals surface area contributed by atoms with Gasteiger partial charge in [-0.1, -0.05) is 6.07 Å². The Hall–Kier alpha value is -3.80. The van der Waals surface area contributed by atoms with Gasteiger partial charge < -0.3 is 24.6 Å². The lowest BCUT2D eigenvalue weighted by molar-refractivity contribution is -0.136. The fourth-order valence-electron chi connectivity index (χ4n) is 4.77. The topological polar surface area (TPSA) is 110 Å². The van der Waals surface area contributed by atoms with Gasteiger partial charge in [0.2, 0.25) is 17.7 Å². The van der Waals surface area contributed by atoms with Crippen molar-refractivity contribution in [3.05, 3.63) is 36.3 Å². The van der Waals surface area contributed by atoms with E-state index in [9.17, 15) is 13.6 Å². The highest BCUT2D eigenvalue weighted by molar-refractivity contribution is 5.90. The zero-order valence-electron chi connectivity index (χ0n) is 20.0. The first-order valence-electron chi connectivity index (χ1n) is 11.7. The highest BCUT2D eigenvalue weighted by Gasteiger charge is 2.32. The lowest BCUT2D eigenvalue weighted by atomic mass is 10.0. The second-order valence-corrected chi connectivity index (χ2v) is 8.72. The number of likely N-dealkylation sites (tertiary alicyclic amines) is 1. The number of hydrogen-bond donors (Lipinski definition) is 2. The van der Waals surface area contributed by atoms with Gasteiger partial charge in [-0.15, -0.1) is 5.10 Å². The molecule has 1 saturated heterocycles. The van der Waals surface area contributed by atoms with Crippen LogP contribution in [0.5, 0.6) is 5.88 Å². The number of amides is 1. The fraction of sp³-hybridized carbons (Fsp3) is 0.417. The highest BCUT2D eigenvalue weighted by atomic mass is 19.1. The molecule has 0 radical (unpaired) electrons. The molecule has 12 heteroatoms. The van der Waals surface area contributed by atoms with Crippen molar-refractivity contribution in [1.82, 2.24) is 29.0 Å². The van der Waals surface area contributed by atoms with Crippen LogP contribution in [0.4, 0.5) is 14.7 Å². The molecule has 5 rings (SSSR count). The number of ether oxygens (including phenoxy) is 1. The molecule has 3 aromatic heterocycles. The van der Waals surface area contributed by atoms with Crippen molar-refractivity contribution in [1.29, 1.82) is 0 Å². The van der Waals surface area contributed by atoms with E-state index in [1.807, 2.05) is 35.8 Å². The molecule has 0 bridgehead atoms. The van der Waals surface area contributed by atoms with Gasteiger partial charge in [0, 0.05) is 18.3 Å². The number of hydrogen-bond acceptors (Lipinski definition) is 7. The summed E-state index contributed by atoms with van der Waals surface area (Å²) < 4.78 is 36.9. The van der Waals surface area contributed by atoms with Crippen LogP contribution >= 0.6 is 0 Å². The molecule has 1 fully saturated rings. The number of benzene rings is 1. The van der Waals surface area contributed by atoms with Crippen LogP contribution in [-0.4, -0.2) is 85.8 Å². The minimum atomic E-state index is -1.34. The van der Waals surface area contributed by atoms with E-state index in [-0.39, 0.29) is 19.0 Å². The average Bonchev–Trinajstić information content (AvgIpc) is 3.45. The minimum absolute atomic E-state index is 0.106. The Kier molecular flexibility index (Phi) is 6.44. The quantitative estimate of drug-likeness (QED) is 0.402. The fourth-order valence-corrected chi connectivity index (χ4v) is 4.77. The number of anilines is 1. The number of methoxy groups -OCH3 is 1. The van der Waals surface area contributed by atoms with Gasteiger partial charge in [-0.2, -0.15) is 4.98 Å². The predicted molar refractivity (Wildman–Crippen MR) is 130 cm³/mol. The van der Waals surface area contributed by atoms with Crippen LogP contribution in [0, 0.1) is 6.92 Å². The van der Waals surface area contributed by atoms with Crippen LogP contribution < -0.4 is 10.1 Å². The predicted octanol–water partition coefficient (Wildman–Crippen LogP) is 2.38. The molecule has 4 heterocycles. The number of carbonyl (C=O) groups excluding carboxylic acids is 1. The number of carbonyl (C=O) groups is 1. The van der Waals surface area contributed by atoms with E-state index in [1.54, 1.807) is 10.7 Å². The van der Waals surface area contributed by atoms with Gasteiger partial charge in [0.1, 0.15) is 30.8 Å². The third-order valence-electron chi connectivity index (χ3n) is 6.57. The summed E-state index contributed by atoms with van der Waals surface area (Å²) in [4.78, 5) is 22.0. The molecule has 0 spiro atoms. The first-order valence-corrected chi connectivity index (χ1v) is 11.7. The van der Waals surface area contributed by atoms with Gasteiger partial charge in [0.25, 0.3) is 0 Å². The number of aliphatic hydroxyl groups is 1. The van der Waals surface area contributed by atoms with Crippen LogP contribution in [0.25, 0.3) is 27.7 Å². The minimum Gasteiger partial charge on any atom is -0.479 e. The van der Waals surface area contributed by atoms with Crippen LogP contribution in [0.3, 0.4) is 0 Å². The van der Waals surface area contributed by atoms with Crippen molar-refractivity contribution in [2.75, 3.05) is 38.8 Å². The zero-order valence-corrected chi connectivity index (χ0v) is 20.0. The number of piperidine rings is 1. The van der Waals surface area contributed by atoms with Crippen molar-refractivity contribution in [3.8, 4) is 17.0 Å². The van der Waals surface area contributed by atoms with Crippen LogP contribution in [0.2, 0.25) is 0 Å². The van der Waals surface area contributed by atoms with Crippen molar-refractivity contribution >= 4 is 28.4 Å². The van der Waals surface area contributed by atoms with E-state index in [4.69, 9.17) is 9.84 Å². The number of aryl methyl sites for hydroxylation is 2. The van der Waals surface area contributed by atoms with Crippen LogP contribution in [-0.2, 0) is 11.3 Å². The molecule has 1 aliphatic rings. The first-order chi connectivity index (χ1) is 17.4. The van der Waals surface area contributed by atoms with Crippen molar-refractivity contribution in [2.45, 2.75) is 32.1 Å². The Bertz CT molecular complexity index is 1420. The molecule has 4 aromatic rings. The molecule has 0 saturated carbocycles. The molecule has 36 heavy (non-hydrogen) atoms. The zero-order chi connectivity index (χ0) is 25.4. The van der Waals surface area contributed by atoms with Gasteiger partial charge in [0.15, 0.2) is 0 Å². The summed E-state index contributed by atoms with van der Waals surface area (Å²) in [6, 6.07) is 7.09. The van der Waals surface area contributed by atoms with Crippen molar-refractivity contribution in [3.63, 3.8) is 0 Å². The summed E-state index contributed by atoms with van der Waals surface area (Å²) in [5, 5.41) is 16.6. The molecule has 10 nitrogen and oxygen atoms in total. The van der Waals surface area contributed by atoms with Gasteiger partial charge in [-0.25, -0.2) is 18.3 Å². The maximum absolute atomic E-state index is 14.8. The SMILES string of the molecule is COc1nc(N[C@H]2CCN(C(=O)CO)C[C@H]2F)nn2ccc(-c3ccc4nc(C)n(CCF)c4c3)c12. The molecule has 1 aliphatic heterocycles. The van der Waals surface area contributed by atoms with Crippen molar-refractivity contribution in [2.24, 2.45) is 0 Å². The van der Waals surface area contributed by atoms with E-state index < -0.39 is 31.4 Å².